The highest BCUT2D eigenvalue weighted by molar-refractivity contribution is 6.07. The number of amides is 2. The normalized spacial score (nSPS) is 11.0. The smallest absolute Gasteiger partial charge is 0.271 e. The minimum Gasteiger partial charge on any atom is -0.350 e. The van der Waals surface area contributed by atoms with Crippen molar-refractivity contribution in [2.45, 2.75) is 6.54 Å². The van der Waals surface area contributed by atoms with Gasteiger partial charge in [-0.2, -0.15) is 0 Å². The van der Waals surface area contributed by atoms with Crippen LogP contribution in [-0.4, -0.2) is 31.4 Å². The maximum Gasteiger partial charge on any atom is 0.271 e. The molecule has 0 bridgehead atoms. The van der Waals surface area contributed by atoms with E-state index in [-0.39, 0.29) is 12.5 Å². The van der Waals surface area contributed by atoms with Crippen molar-refractivity contribution in [3.8, 4) is 0 Å². The summed E-state index contributed by atoms with van der Waals surface area (Å²) in [6.07, 6.45) is 1.73. The molecule has 8 nitrogen and oxygen atoms in total. The van der Waals surface area contributed by atoms with Gasteiger partial charge in [0.1, 0.15) is 12.1 Å². The zero-order chi connectivity index (χ0) is 18.1. The van der Waals surface area contributed by atoms with Crippen LogP contribution in [0.5, 0.6) is 0 Å². The third kappa shape index (κ3) is 2.77. The van der Waals surface area contributed by atoms with E-state index in [1.54, 1.807) is 6.20 Å². The lowest BCUT2D eigenvalue weighted by atomic mass is 10.2. The quantitative estimate of drug-likeness (QED) is 0.547. The van der Waals surface area contributed by atoms with Gasteiger partial charge in [-0.1, -0.05) is 35.5 Å². The molecule has 0 atom stereocenters. The van der Waals surface area contributed by atoms with E-state index >= 15 is 0 Å². The molecule has 0 aliphatic rings. The molecule has 0 spiro atoms. The monoisotopic (exact) mass is 348 g/mol. The average Bonchev–Trinajstić information content (AvgIpc) is 3.22. The van der Waals surface area contributed by atoms with Gasteiger partial charge in [-0.05, 0) is 18.2 Å². The number of hydrogen-bond donors (Lipinski definition) is 2. The standard InChI is InChI=1S/C18H16N6O2/c1-23-10-13(12-6-2-4-8-15(12)23)18(26)21-20-17(25)11-24-16-9-5-3-7-14(16)19-22-24/h2-10H,11H2,1H3,(H,20,25)(H,21,26). The Kier molecular flexibility index (Phi) is 3.85. The SMILES string of the molecule is Cn1cc(C(=O)NNC(=O)Cn2nnc3ccccc32)c2ccccc21. The molecule has 26 heavy (non-hydrogen) atoms. The van der Waals surface area contributed by atoms with Crippen molar-refractivity contribution in [2.24, 2.45) is 7.05 Å². The zero-order valence-electron chi connectivity index (χ0n) is 14.0. The van der Waals surface area contributed by atoms with Crippen molar-refractivity contribution in [1.29, 1.82) is 0 Å². The van der Waals surface area contributed by atoms with E-state index in [2.05, 4.69) is 21.2 Å². The largest absolute Gasteiger partial charge is 0.350 e. The van der Waals surface area contributed by atoms with Crippen LogP contribution in [0.25, 0.3) is 21.9 Å². The summed E-state index contributed by atoms with van der Waals surface area (Å²) < 4.78 is 3.35. The second kappa shape index (κ2) is 6.32. The van der Waals surface area contributed by atoms with Crippen molar-refractivity contribution < 1.29 is 9.59 Å². The molecule has 4 rings (SSSR count). The predicted octanol–water partition coefficient (Wildman–Crippen LogP) is 1.38. The van der Waals surface area contributed by atoms with Gasteiger partial charge in [0.05, 0.1) is 11.1 Å². The summed E-state index contributed by atoms with van der Waals surface area (Å²) in [7, 11) is 1.87. The highest BCUT2D eigenvalue weighted by atomic mass is 16.2. The van der Waals surface area contributed by atoms with Crippen LogP contribution >= 0.6 is 0 Å². The van der Waals surface area contributed by atoms with E-state index < -0.39 is 5.91 Å². The molecule has 0 radical (unpaired) electrons. The van der Waals surface area contributed by atoms with Gasteiger partial charge in [-0.25, -0.2) is 4.68 Å². The summed E-state index contributed by atoms with van der Waals surface area (Å²) in [5.41, 5.74) is 7.77. The van der Waals surface area contributed by atoms with Gasteiger partial charge in [-0.15, -0.1) is 5.10 Å². The Bertz CT molecular complexity index is 1130. The van der Waals surface area contributed by atoms with Crippen LogP contribution in [0.2, 0.25) is 0 Å². The van der Waals surface area contributed by atoms with Gasteiger partial charge in [0.15, 0.2) is 0 Å². The van der Waals surface area contributed by atoms with E-state index in [1.807, 2.05) is 60.1 Å². The van der Waals surface area contributed by atoms with Gasteiger partial charge >= 0.3 is 0 Å². The van der Waals surface area contributed by atoms with E-state index in [4.69, 9.17) is 0 Å². The Morgan fingerprint density at radius 3 is 2.58 bits per heavy atom. The number of nitrogens with zero attached hydrogens (tertiary/aromatic N) is 4. The minimum absolute atomic E-state index is 0.0453. The maximum atomic E-state index is 12.4. The molecule has 8 heteroatoms. The molecule has 2 amide bonds. The fourth-order valence-electron chi connectivity index (χ4n) is 2.93. The highest BCUT2D eigenvalue weighted by Gasteiger charge is 2.15. The summed E-state index contributed by atoms with van der Waals surface area (Å²) in [5.74, 6) is -0.771. The summed E-state index contributed by atoms with van der Waals surface area (Å²) in [5, 5.41) is 8.77. The number of fused-ring (bicyclic) bond motifs is 2. The van der Waals surface area contributed by atoms with Crippen molar-refractivity contribution in [3.05, 3.63) is 60.3 Å². The van der Waals surface area contributed by atoms with Crippen molar-refractivity contribution in [3.63, 3.8) is 0 Å². The highest BCUT2D eigenvalue weighted by Crippen LogP contribution is 2.19. The number of benzene rings is 2. The topological polar surface area (TPSA) is 93.8 Å². The van der Waals surface area contributed by atoms with Crippen LogP contribution in [0.1, 0.15) is 10.4 Å². The number of nitrogens with one attached hydrogen (secondary N) is 2. The molecule has 0 saturated carbocycles. The first-order chi connectivity index (χ1) is 12.6. The third-order valence-electron chi connectivity index (χ3n) is 4.17. The van der Waals surface area contributed by atoms with Crippen LogP contribution in [0.15, 0.2) is 54.7 Å². The molecule has 0 unspecified atom stereocenters. The summed E-state index contributed by atoms with van der Waals surface area (Å²) in [4.78, 5) is 24.6. The van der Waals surface area contributed by atoms with Gasteiger partial charge < -0.3 is 4.57 Å². The molecule has 0 fully saturated rings. The van der Waals surface area contributed by atoms with Crippen LogP contribution in [0.3, 0.4) is 0 Å². The lowest BCUT2D eigenvalue weighted by Crippen LogP contribution is -2.43. The van der Waals surface area contributed by atoms with Crippen molar-refractivity contribution in [1.82, 2.24) is 30.4 Å². The third-order valence-corrected chi connectivity index (χ3v) is 4.17. The Morgan fingerprint density at radius 2 is 1.73 bits per heavy atom. The van der Waals surface area contributed by atoms with Crippen molar-refractivity contribution in [2.75, 3.05) is 0 Å². The summed E-state index contributed by atoms with van der Waals surface area (Å²) in [6.45, 7) is -0.0453. The average molecular weight is 348 g/mol. The molecule has 2 N–H and O–H groups in total. The van der Waals surface area contributed by atoms with Crippen LogP contribution in [0.4, 0.5) is 0 Å². The molecule has 2 aromatic heterocycles. The number of para-hydroxylation sites is 2. The number of carbonyl (C=O) groups is 2. The van der Waals surface area contributed by atoms with Crippen molar-refractivity contribution >= 4 is 33.8 Å². The second-order valence-corrected chi connectivity index (χ2v) is 5.91. The molecule has 4 aromatic rings. The first kappa shape index (κ1) is 15.8. The second-order valence-electron chi connectivity index (χ2n) is 5.91. The van der Waals surface area contributed by atoms with Gasteiger partial charge in [0.25, 0.3) is 11.8 Å². The molecule has 0 aliphatic carbocycles. The van der Waals surface area contributed by atoms with E-state index in [0.29, 0.717) is 11.1 Å². The first-order valence-corrected chi connectivity index (χ1v) is 8.05. The predicted molar refractivity (Wildman–Crippen MR) is 96.1 cm³/mol. The molecule has 130 valence electrons. The first-order valence-electron chi connectivity index (χ1n) is 8.05. The molecule has 0 saturated heterocycles. The molecular weight excluding hydrogens is 332 g/mol. The molecule has 0 aliphatic heterocycles. The van der Waals surface area contributed by atoms with E-state index in [0.717, 1.165) is 16.4 Å². The zero-order valence-corrected chi connectivity index (χ0v) is 14.0. The number of aryl methyl sites for hydroxylation is 1. The van der Waals surface area contributed by atoms with E-state index in [1.165, 1.54) is 4.68 Å². The fourth-order valence-corrected chi connectivity index (χ4v) is 2.93. The van der Waals surface area contributed by atoms with Gasteiger partial charge in [0.2, 0.25) is 0 Å². The molecule has 2 aromatic carbocycles. The Labute approximate surface area is 148 Å². The van der Waals surface area contributed by atoms with Gasteiger partial charge in [0, 0.05) is 24.1 Å². The summed E-state index contributed by atoms with van der Waals surface area (Å²) in [6, 6.07) is 14.9. The van der Waals surface area contributed by atoms with Crippen LogP contribution in [-0.2, 0) is 18.4 Å². The molecule has 2 heterocycles. The number of rotatable bonds is 3. The Morgan fingerprint density at radius 1 is 1.00 bits per heavy atom. The Hall–Kier alpha value is -3.68. The van der Waals surface area contributed by atoms with E-state index in [9.17, 15) is 9.59 Å². The van der Waals surface area contributed by atoms with Crippen LogP contribution in [0, 0.1) is 0 Å². The van der Waals surface area contributed by atoms with Gasteiger partial charge in [-0.3, -0.25) is 20.4 Å². The number of hydrogen-bond acceptors (Lipinski definition) is 4. The Balaban J connectivity index is 1.45. The fraction of sp³-hybridized carbons (Fsp3) is 0.111. The lowest BCUT2D eigenvalue weighted by Gasteiger charge is -2.07. The number of aromatic nitrogens is 4. The summed E-state index contributed by atoms with van der Waals surface area (Å²) >= 11 is 0. The molecular formula is C18H16N6O2. The maximum absolute atomic E-state index is 12.4. The number of carbonyl (C=O) groups excluding carboxylic acids is 2. The van der Waals surface area contributed by atoms with Crippen LogP contribution < -0.4 is 10.9 Å². The number of hydrazine groups is 1. The minimum atomic E-state index is -0.394. The lowest BCUT2D eigenvalue weighted by molar-refractivity contribution is -0.122.